The van der Waals surface area contributed by atoms with E-state index in [2.05, 4.69) is 24.8 Å². The van der Waals surface area contributed by atoms with Gasteiger partial charge in [0.15, 0.2) is 5.96 Å². The maximum atomic E-state index is 11.5. The number of aliphatic imine (C=N–C) groups is 1. The number of ether oxygens (including phenoxy) is 2. The van der Waals surface area contributed by atoms with Crippen LogP contribution in [0.5, 0.6) is 11.5 Å². The van der Waals surface area contributed by atoms with Crippen molar-refractivity contribution in [1.29, 1.82) is 0 Å². The third-order valence-electron chi connectivity index (χ3n) is 4.96. The van der Waals surface area contributed by atoms with Gasteiger partial charge in [-0.2, -0.15) is 0 Å². The van der Waals surface area contributed by atoms with Gasteiger partial charge in [-0.1, -0.05) is 0 Å². The molecule has 0 aromatic heterocycles. The molecule has 10 heteroatoms. The molecule has 9 nitrogen and oxygen atoms in total. The van der Waals surface area contributed by atoms with Crippen molar-refractivity contribution in [2.24, 2.45) is 4.99 Å². The Balaban J connectivity index is 1.91. The number of hydrogen-bond acceptors (Lipinski definition) is 6. The Labute approximate surface area is 180 Å². The number of guanidine groups is 1. The highest BCUT2D eigenvalue weighted by Gasteiger charge is 2.21. The lowest BCUT2D eigenvalue weighted by atomic mass is 10.1. The van der Waals surface area contributed by atoms with Gasteiger partial charge < -0.3 is 19.7 Å². The zero-order valence-electron chi connectivity index (χ0n) is 18.5. The monoisotopic (exact) mass is 441 g/mol. The maximum Gasteiger partial charge on any atom is 0.211 e. The summed E-state index contributed by atoms with van der Waals surface area (Å²) in [5, 5.41) is 3.31. The highest BCUT2D eigenvalue weighted by atomic mass is 32.2. The molecule has 0 saturated carbocycles. The molecule has 1 fully saturated rings. The van der Waals surface area contributed by atoms with E-state index < -0.39 is 10.0 Å². The minimum Gasteiger partial charge on any atom is -0.497 e. The summed E-state index contributed by atoms with van der Waals surface area (Å²) in [6.07, 6.45) is 0. The largest absolute Gasteiger partial charge is 0.497 e. The number of benzene rings is 1. The number of piperazine rings is 1. The van der Waals surface area contributed by atoms with Gasteiger partial charge in [0.25, 0.3) is 0 Å². The van der Waals surface area contributed by atoms with Crippen molar-refractivity contribution in [2.45, 2.75) is 20.4 Å². The first kappa shape index (κ1) is 24.2. The summed E-state index contributed by atoms with van der Waals surface area (Å²) < 4.78 is 36.5. The van der Waals surface area contributed by atoms with Crippen LogP contribution in [0, 0.1) is 0 Å². The molecule has 0 spiro atoms. The van der Waals surface area contributed by atoms with Gasteiger partial charge in [0.2, 0.25) is 10.0 Å². The van der Waals surface area contributed by atoms with Gasteiger partial charge in [0, 0.05) is 51.4 Å². The fourth-order valence-corrected chi connectivity index (χ4v) is 3.86. The minimum atomic E-state index is -3.18. The van der Waals surface area contributed by atoms with Crippen LogP contribution in [0.15, 0.2) is 23.2 Å². The normalized spacial score (nSPS) is 15.9. The van der Waals surface area contributed by atoms with Crippen molar-refractivity contribution >= 4 is 16.0 Å². The van der Waals surface area contributed by atoms with E-state index in [0.717, 1.165) is 62.3 Å². The van der Waals surface area contributed by atoms with Crippen molar-refractivity contribution in [3.8, 4) is 11.5 Å². The molecule has 1 aromatic rings. The predicted octanol–water partition coefficient (Wildman–Crippen LogP) is 0.726. The molecule has 1 saturated heterocycles. The van der Waals surface area contributed by atoms with Crippen LogP contribution >= 0.6 is 0 Å². The van der Waals surface area contributed by atoms with Crippen LogP contribution in [0.4, 0.5) is 0 Å². The molecule has 0 atom stereocenters. The molecule has 1 heterocycles. The minimum absolute atomic E-state index is 0.0802. The molecular formula is C20H35N5O4S. The van der Waals surface area contributed by atoms with Crippen molar-refractivity contribution in [1.82, 2.24) is 19.8 Å². The Morgan fingerprint density at radius 1 is 1.13 bits per heavy atom. The van der Waals surface area contributed by atoms with E-state index in [9.17, 15) is 8.42 Å². The number of nitrogens with zero attached hydrogens (tertiary/aromatic N) is 3. The van der Waals surface area contributed by atoms with Crippen molar-refractivity contribution in [2.75, 3.05) is 65.8 Å². The van der Waals surface area contributed by atoms with Crippen LogP contribution in [-0.2, 0) is 16.6 Å². The van der Waals surface area contributed by atoms with Gasteiger partial charge in [-0.25, -0.2) is 13.1 Å². The summed E-state index contributed by atoms with van der Waals surface area (Å²) in [7, 11) is 0.168. The van der Waals surface area contributed by atoms with Crippen LogP contribution in [0.1, 0.15) is 19.4 Å². The van der Waals surface area contributed by atoms with Gasteiger partial charge in [-0.3, -0.25) is 9.89 Å². The topological polar surface area (TPSA) is 95.5 Å². The number of nitrogens with one attached hydrogen (secondary N) is 2. The molecule has 30 heavy (non-hydrogen) atoms. The Bertz CT molecular complexity index is 792. The molecule has 0 aliphatic carbocycles. The number of sulfonamides is 1. The first-order chi connectivity index (χ1) is 14.4. The summed E-state index contributed by atoms with van der Waals surface area (Å²) in [4.78, 5) is 9.18. The van der Waals surface area contributed by atoms with Crippen molar-refractivity contribution < 1.29 is 17.9 Å². The van der Waals surface area contributed by atoms with E-state index in [-0.39, 0.29) is 5.75 Å². The van der Waals surface area contributed by atoms with E-state index in [1.807, 2.05) is 25.1 Å². The summed E-state index contributed by atoms with van der Waals surface area (Å²) in [5.41, 5.74) is 1.11. The van der Waals surface area contributed by atoms with Gasteiger partial charge in [0.1, 0.15) is 11.5 Å². The molecule has 0 unspecified atom stereocenters. The highest BCUT2D eigenvalue weighted by molar-refractivity contribution is 7.89. The lowest BCUT2D eigenvalue weighted by molar-refractivity contribution is 0.171. The smallest absolute Gasteiger partial charge is 0.211 e. The number of methoxy groups -OCH3 is 2. The van der Waals surface area contributed by atoms with E-state index in [4.69, 9.17) is 9.47 Å². The number of hydrogen-bond donors (Lipinski definition) is 2. The average molecular weight is 442 g/mol. The van der Waals surface area contributed by atoms with Crippen LogP contribution in [0.2, 0.25) is 0 Å². The Hall–Kier alpha value is -2.04. The lowest BCUT2D eigenvalue weighted by Gasteiger charge is -2.36. The van der Waals surface area contributed by atoms with Crippen molar-refractivity contribution in [3.63, 3.8) is 0 Å². The summed E-state index contributed by atoms with van der Waals surface area (Å²) in [5.74, 6) is 2.59. The Kier molecular flexibility index (Phi) is 9.67. The second-order valence-corrected chi connectivity index (χ2v) is 9.07. The quantitative estimate of drug-likeness (QED) is 0.314. The molecule has 0 bridgehead atoms. The average Bonchev–Trinajstić information content (AvgIpc) is 2.76. The SMILES string of the molecule is CCNC(=NCCNS(=O)(=O)CC)N1CCN(Cc2cc(OC)ccc2OC)CC1. The molecule has 1 aromatic carbocycles. The van der Waals surface area contributed by atoms with E-state index in [0.29, 0.717) is 13.1 Å². The highest BCUT2D eigenvalue weighted by Crippen LogP contribution is 2.25. The molecule has 0 amide bonds. The summed E-state index contributed by atoms with van der Waals surface area (Å²) in [6.45, 7) is 9.40. The first-order valence-corrected chi connectivity index (χ1v) is 12.0. The number of rotatable bonds is 10. The zero-order valence-corrected chi connectivity index (χ0v) is 19.3. The van der Waals surface area contributed by atoms with Crippen LogP contribution in [-0.4, -0.2) is 90.0 Å². The summed E-state index contributed by atoms with van der Waals surface area (Å²) in [6, 6.07) is 5.86. The van der Waals surface area contributed by atoms with Gasteiger partial charge in [0.05, 0.1) is 26.5 Å². The van der Waals surface area contributed by atoms with Gasteiger partial charge in [-0.05, 0) is 32.0 Å². The predicted molar refractivity (Wildman–Crippen MR) is 120 cm³/mol. The molecule has 1 aliphatic rings. The third kappa shape index (κ3) is 7.33. The molecule has 170 valence electrons. The van der Waals surface area contributed by atoms with Gasteiger partial charge >= 0.3 is 0 Å². The Morgan fingerprint density at radius 3 is 2.47 bits per heavy atom. The van der Waals surface area contributed by atoms with Crippen molar-refractivity contribution in [3.05, 3.63) is 23.8 Å². The summed E-state index contributed by atoms with van der Waals surface area (Å²) >= 11 is 0. The molecule has 1 aliphatic heterocycles. The third-order valence-corrected chi connectivity index (χ3v) is 6.37. The Morgan fingerprint density at radius 2 is 1.87 bits per heavy atom. The molecule has 2 N–H and O–H groups in total. The second-order valence-electron chi connectivity index (χ2n) is 6.97. The standard InChI is InChI=1S/C20H35N5O4S/c1-5-21-20(22-9-10-23-30(26,27)6-2)25-13-11-24(12-14-25)16-17-15-18(28-3)7-8-19(17)29-4/h7-8,15,23H,5-6,9-14,16H2,1-4H3,(H,21,22). The van der Waals surface area contributed by atoms with Crippen LogP contribution in [0.3, 0.4) is 0 Å². The van der Waals surface area contributed by atoms with E-state index in [1.165, 1.54) is 0 Å². The maximum absolute atomic E-state index is 11.5. The fraction of sp³-hybridized carbons (Fsp3) is 0.650. The zero-order chi connectivity index (χ0) is 22.0. The van der Waals surface area contributed by atoms with Crippen LogP contribution < -0.4 is 19.5 Å². The lowest BCUT2D eigenvalue weighted by Crippen LogP contribution is -2.52. The molecule has 2 rings (SSSR count). The fourth-order valence-electron chi connectivity index (χ4n) is 3.26. The van der Waals surface area contributed by atoms with E-state index >= 15 is 0 Å². The second kappa shape index (κ2) is 12.0. The van der Waals surface area contributed by atoms with Gasteiger partial charge in [-0.15, -0.1) is 0 Å². The molecule has 0 radical (unpaired) electrons. The first-order valence-electron chi connectivity index (χ1n) is 10.4. The van der Waals surface area contributed by atoms with Crippen LogP contribution in [0.25, 0.3) is 0 Å². The molecular weight excluding hydrogens is 406 g/mol. The van der Waals surface area contributed by atoms with E-state index in [1.54, 1.807) is 21.1 Å².